The largest absolute Gasteiger partial charge is 0.481 e. The monoisotopic (exact) mass is 204 g/mol. The molecule has 3 nitrogen and oxygen atoms in total. The summed E-state index contributed by atoms with van der Waals surface area (Å²) < 4.78 is 5.31. The summed E-state index contributed by atoms with van der Waals surface area (Å²) in [4.78, 5) is 10.5. The number of carboxylic acids is 1. The van der Waals surface area contributed by atoms with E-state index < -0.39 is 5.97 Å². The van der Waals surface area contributed by atoms with Gasteiger partial charge in [0.2, 0.25) is 0 Å². The average Bonchev–Trinajstić information content (AvgIpc) is 2.15. The SMILES string of the molecule is CC(CSC1CCCOC1)C(=O)O. The van der Waals surface area contributed by atoms with Gasteiger partial charge < -0.3 is 9.84 Å². The molecule has 0 aromatic rings. The Hall–Kier alpha value is -0.220. The van der Waals surface area contributed by atoms with E-state index in [4.69, 9.17) is 9.84 Å². The first-order chi connectivity index (χ1) is 6.20. The number of hydrogen-bond acceptors (Lipinski definition) is 3. The van der Waals surface area contributed by atoms with Crippen molar-refractivity contribution in [3.05, 3.63) is 0 Å². The molecule has 2 unspecified atom stereocenters. The molecular formula is C9H16O3S. The minimum absolute atomic E-state index is 0.244. The van der Waals surface area contributed by atoms with E-state index in [1.165, 1.54) is 0 Å². The van der Waals surface area contributed by atoms with Gasteiger partial charge in [-0.05, 0) is 12.8 Å². The first-order valence-electron chi connectivity index (χ1n) is 4.62. The molecule has 0 aromatic carbocycles. The maximum Gasteiger partial charge on any atom is 0.307 e. The van der Waals surface area contributed by atoms with Crippen molar-refractivity contribution >= 4 is 17.7 Å². The van der Waals surface area contributed by atoms with Gasteiger partial charge >= 0.3 is 5.97 Å². The molecule has 0 aromatic heterocycles. The number of hydrogen-bond donors (Lipinski definition) is 1. The fraction of sp³-hybridized carbons (Fsp3) is 0.889. The number of ether oxygens (including phenoxy) is 1. The van der Waals surface area contributed by atoms with Gasteiger partial charge in [0, 0.05) is 17.6 Å². The molecule has 0 saturated carbocycles. The van der Waals surface area contributed by atoms with E-state index >= 15 is 0 Å². The molecule has 0 radical (unpaired) electrons. The van der Waals surface area contributed by atoms with E-state index in [0.29, 0.717) is 11.0 Å². The summed E-state index contributed by atoms with van der Waals surface area (Å²) in [6.45, 7) is 3.40. The normalized spacial score (nSPS) is 25.5. The molecule has 0 aliphatic carbocycles. The Balaban J connectivity index is 2.13. The predicted molar refractivity (Wildman–Crippen MR) is 53.1 cm³/mol. The zero-order valence-electron chi connectivity index (χ0n) is 7.86. The number of thioether (sulfide) groups is 1. The van der Waals surface area contributed by atoms with Crippen molar-refractivity contribution in [3.63, 3.8) is 0 Å². The molecule has 0 amide bonds. The molecule has 1 N–H and O–H groups in total. The number of aliphatic carboxylic acids is 1. The molecule has 0 spiro atoms. The number of carboxylic acid groups (broad SMARTS) is 1. The second kappa shape index (κ2) is 5.50. The third-order valence-electron chi connectivity index (χ3n) is 2.12. The second-order valence-electron chi connectivity index (χ2n) is 3.41. The molecular weight excluding hydrogens is 188 g/mol. The molecule has 0 bridgehead atoms. The summed E-state index contributed by atoms with van der Waals surface area (Å²) in [7, 11) is 0. The minimum Gasteiger partial charge on any atom is -0.481 e. The van der Waals surface area contributed by atoms with E-state index in [-0.39, 0.29) is 5.92 Å². The highest BCUT2D eigenvalue weighted by Gasteiger charge is 2.17. The van der Waals surface area contributed by atoms with Crippen LogP contribution >= 0.6 is 11.8 Å². The molecule has 1 saturated heterocycles. The van der Waals surface area contributed by atoms with E-state index in [1.807, 2.05) is 0 Å². The summed E-state index contributed by atoms with van der Waals surface area (Å²) in [5.41, 5.74) is 0. The average molecular weight is 204 g/mol. The van der Waals surface area contributed by atoms with Crippen molar-refractivity contribution in [2.45, 2.75) is 25.0 Å². The Morgan fingerprint density at radius 1 is 1.77 bits per heavy atom. The van der Waals surface area contributed by atoms with Gasteiger partial charge in [-0.1, -0.05) is 6.92 Å². The van der Waals surface area contributed by atoms with Crippen LogP contribution in [-0.2, 0) is 9.53 Å². The minimum atomic E-state index is -0.704. The Morgan fingerprint density at radius 2 is 2.54 bits per heavy atom. The van der Waals surface area contributed by atoms with Crippen LogP contribution in [0.25, 0.3) is 0 Å². The van der Waals surface area contributed by atoms with Crippen LogP contribution in [-0.4, -0.2) is 35.3 Å². The summed E-state index contributed by atoms with van der Waals surface area (Å²) in [6, 6.07) is 0. The lowest BCUT2D eigenvalue weighted by Gasteiger charge is -2.22. The molecule has 1 rings (SSSR count). The highest BCUT2D eigenvalue weighted by Crippen LogP contribution is 2.22. The van der Waals surface area contributed by atoms with E-state index in [0.717, 1.165) is 26.1 Å². The molecule has 13 heavy (non-hydrogen) atoms. The van der Waals surface area contributed by atoms with Gasteiger partial charge in [-0.15, -0.1) is 0 Å². The fourth-order valence-corrected chi connectivity index (χ4v) is 2.42. The lowest BCUT2D eigenvalue weighted by Crippen LogP contribution is -2.22. The fourth-order valence-electron chi connectivity index (χ4n) is 1.19. The van der Waals surface area contributed by atoms with Crippen LogP contribution < -0.4 is 0 Å². The van der Waals surface area contributed by atoms with Crippen LogP contribution in [0.15, 0.2) is 0 Å². The van der Waals surface area contributed by atoms with Gasteiger partial charge in [-0.25, -0.2) is 0 Å². The summed E-state index contributed by atoms with van der Waals surface area (Å²) in [5.74, 6) is -0.250. The van der Waals surface area contributed by atoms with Gasteiger partial charge in [0.1, 0.15) is 0 Å². The van der Waals surface area contributed by atoms with Crippen LogP contribution in [0.2, 0.25) is 0 Å². The molecule has 76 valence electrons. The summed E-state index contributed by atoms with van der Waals surface area (Å²) in [6.07, 6.45) is 2.27. The van der Waals surface area contributed by atoms with Crippen LogP contribution in [0.1, 0.15) is 19.8 Å². The zero-order valence-corrected chi connectivity index (χ0v) is 8.68. The zero-order chi connectivity index (χ0) is 9.68. The smallest absolute Gasteiger partial charge is 0.307 e. The Morgan fingerprint density at radius 3 is 3.08 bits per heavy atom. The van der Waals surface area contributed by atoms with Gasteiger partial charge in [0.15, 0.2) is 0 Å². The Bertz CT molecular complexity index is 166. The summed E-state index contributed by atoms with van der Waals surface area (Å²) >= 11 is 1.73. The van der Waals surface area contributed by atoms with Crippen molar-refractivity contribution in [1.29, 1.82) is 0 Å². The molecule has 1 fully saturated rings. The van der Waals surface area contributed by atoms with Gasteiger partial charge in [-0.3, -0.25) is 4.79 Å². The highest BCUT2D eigenvalue weighted by atomic mass is 32.2. The molecule has 1 heterocycles. The molecule has 4 heteroatoms. The Kier molecular flexibility index (Phi) is 4.59. The van der Waals surface area contributed by atoms with Gasteiger partial charge in [0.05, 0.1) is 12.5 Å². The third-order valence-corrected chi connectivity index (χ3v) is 3.66. The maximum atomic E-state index is 10.5. The number of carbonyl (C=O) groups is 1. The maximum absolute atomic E-state index is 10.5. The van der Waals surface area contributed by atoms with E-state index in [9.17, 15) is 4.79 Å². The van der Waals surface area contributed by atoms with Crippen LogP contribution in [0.5, 0.6) is 0 Å². The quantitative estimate of drug-likeness (QED) is 0.756. The number of rotatable bonds is 4. The predicted octanol–water partition coefficient (Wildman–Crippen LogP) is 1.62. The van der Waals surface area contributed by atoms with E-state index in [2.05, 4.69) is 0 Å². The lowest BCUT2D eigenvalue weighted by molar-refractivity contribution is -0.140. The van der Waals surface area contributed by atoms with Gasteiger partial charge in [-0.2, -0.15) is 11.8 Å². The van der Waals surface area contributed by atoms with Gasteiger partial charge in [0.25, 0.3) is 0 Å². The molecule has 1 aliphatic rings. The Labute approximate surface area is 82.8 Å². The highest BCUT2D eigenvalue weighted by molar-refractivity contribution is 7.99. The lowest BCUT2D eigenvalue weighted by atomic mass is 10.2. The second-order valence-corrected chi connectivity index (χ2v) is 4.75. The van der Waals surface area contributed by atoms with Crippen molar-refractivity contribution in [2.24, 2.45) is 5.92 Å². The van der Waals surface area contributed by atoms with Crippen LogP contribution in [0.3, 0.4) is 0 Å². The van der Waals surface area contributed by atoms with E-state index in [1.54, 1.807) is 18.7 Å². The van der Waals surface area contributed by atoms with Crippen molar-refractivity contribution in [1.82, 2.24) is 0 Å². The standard InChI is InChI=1S/C9H16O3S/c1-7(9(10)11)6-13-8-3-2-4-12-5-8/h7-8H,2-6H2,1H3,(H,10,11). The first kappa shape index (κ1) is 10.9. The molecule has 1 aliphatic heterocycles. The van der Waals surface area contributed by atoms with Crippen molar-refractivity contribution < 1.29 is 14.6 Å². The van der Waals surface area contributed by atoms with Crippen LogP contribution in [0, 0.1) is 5.92 Å². The summed E-state index contributed by atoms with van der Waals surface area (Å²) in [5, 5.41) is 9.18. The van der Waals surface area contributed by atoms with Crippen molar-refractivity contribution in [3.8, 4) is 0 Å². The van der Waals surface area contributed by atoms with Crippen molar-refractivity contribution in [2.75, 3.05) is 19.0 Å². The topological polar surface area (TPSA) is 46.5 Å². The molecule has 2 atom stereocenters. The third kappa shape index (κ3) is 4.00. The first-order valence-corrected chi connectivity index (χ1v) is 5.67. The van der Waals surface area contributed by atoms with Crippen LogP contribution in [0.4, 0.5) is 0 Å².